The van der Waals surface area contributed by atoms with Crippen molar-refractivity contribution in [2.24, 2.45) is 5.84 Å². The maximum absolute atomic E-state index is 12.0. The van der Waals surface area contributed by atoms with E-state index < -0.39 is 12.0 Å². The molecule has 1 heterocycles. The normalized spacial score (nSPS) is 18.1. The average molecular weight is 249 g/mol. The van der Waals surface area contributed by atoms with E-state index in [0.29, 0.717) is 11.4 Å². The van der Waals surface area contributed by atoms with Crippen LogP contribution >= 0.6 is 0 Å². The summed E-state index contributed by atoms with van der Waals surface area (Å²) in [4.78, 5) is 24.8. The van der Waals surface area contributed by atoms with Crippen LogP contribution in [0.4, 0.5) is 5.69 Å². The molecule has 1 atom stereocenters. The van der Waals surface area contributed by atoms with Crippen molar-refractivity contribution >= 4 is 17.5 Å². The minimum Gasteiger partial charge on any atom is -0.479 e. The maximum atomic E-state index is 12.0. The lowest BCUT2D eigenvalue weighted by atomic mass is 10.1. The molecule has 0 fully saturated rings. The maximum Gasteiger partial charge on any atom is 0.268 e. The predicted molar refractivity (Wildman–Crippen MR) is 66.0 cm³/mol. The number of benzene rings is 1. The molecule has 96 valence electrons. The van der Waals surface area contributed by atoms with Crippen LogP contribution in [0.3, 0.4) is 0 Å². The fourth-order valence-corrected chi connectivity index (χ4v) is 1.87. The van der Waals surface area contributed by atoms with Crippen molar-refractivity contribution in [1.82, 2.24) is 5.43 Å². The second kappa shape index (κ2) is 4.66. The summed E-state index contributed by atoms with van der Waals surface area (Å²) in [5.41, 5.74) is 3.60. The quantitative estimate of drug-likeness (QED) is 0.442. The molecule has 6 heteroatoms. The third kappa shape index (κ3) is 2.14. The summed E-state index contributed by atoms with van der Waals surface area (Å²) in [6.07, 6.45) is -0.606. The second-order valence-corrected chi connectivity index (χ2v) is 4.22. The number of fused-ring (bicyclic) bond motifs is 1. The van der Waals surface area contributed by atoms with E-state index in [4.69, 9.17) is 10.6 Å². The molecule has 3 N–H and O–H groups in total. The molecule has 0 saturated carbocycles. The Kier molecular flexibility index (Phi) is 3.20. The summed E-state index contributed by atoms with van der Waals surface area (Å²) in [6.45, 7) is 3.45. The largest absolute Gasteiger partial charge is 0.479 e. The number of amides is 2. The molecule has 1 aromatic rings. The van der Waals surface area contributed by atoms with Gasteiger partial charge in [0.15, 0.2) is 6.10 Å². The van der Waals surface area contributed by atoms with Gasteiger partial charge in [-0.2, -0.15) is 0 Å². The third-order valence-corrected chi connectivity index (χ3v) is 2.79. The fourth-order valence-electron chi connectivity index (χ4n) is 1.87. The van der Waals surface area contributed by atoms with Gasteiger partial charge in [-0.05, 0) is 31.5 Å². The van der Waals surface area contributed by atoms with E-state index in [1.165, 1.54) is 4.90 Å². The minimum absolute atomic E-state index is 0.112. The van der Waals surface area contributed by atoms with Gasteiger partial charge in [0.25, 0.3) is 11.8 Å². The Morgan fingerprint density at radius 3 is 2.94 bits per heavy atom. The van der Waals surface area contributed by atoms with E-state index in [2.05, 4.69) is 0 Å². The molecular weight excluding hydrogens is 234 g/mol. The highest BCUT2D eigenvalue weighted by atomic mass is 16.5. The average Bonchev–Trinajstić information content (AvgIpc) is 2.35. The molecule has 0 bridgehead atoms. The molecule has 2 amide bonds. The topological polar surface area (TPSA) is 84.7 Å². The highest BCUT2D eigenvalue weighted by molar-refractivity contribution is 6.03. The Bertz CT molecular complexity index is 501. The number of nitrogens with one attached hydrogen (secondary N) is 1. The third-order valence-electron chi connectivity index (χ3n) is 2.79. The molecule has 6 nitrogen and oxygen atoms in total. The number of hydrogen-bond donors (Lipinski definition) is 2. The van der Waals surface area contributed by atoms with Crippen molar-refractivity contribution in [2.75, 3.05) is 11.4 Å². The Morgan fingerprint density at radius 2 is 2.28 bits per heavy atom. The van der Waals surface area contributed by atoms with Gasteiger partial charge in [-0.15, -0.1) is 0 Å². The molecule has 0 spiro atoms. The van der Waals surface area contributed by atoms with Gasteiger partial charge in [0.05, 0.1) is 5.69 Å². The highest BCUT2D eigenvalue weighted by Crippen LogP contribution is 2.34. The van der Waals surface area contributed by atoms with Crippen LogP contribution in [0.15, 0.2) is 18.2 Å². The Hall–Kier alpha value is -2.08. The Labute approximate surface area is 105 Å². The number of anilines is 1. The number of aryl methyl sites for hydroxylation is 1. The number of rotatable bonds is 2. The van der Waals surface area contributed by atoms with Gasteiger partial charge in [0.2, 0.25) is 0 Å². The van der Waals surface area contributed by atoms with Crippen molar-refractivity contribution in [1.29, 1.82) is 0 Å². The van der Waals surface area contributed by atoms with Crippen LogP contribution in [0.5, 0.6) is 5.75 Å². The summed E-state index contributed by atoms with van der Waals surface area (Å²) < 4.78 is 5.49. The van der Waals surface area contributed by atoms with E-state index >= 15 is 0 Å². The van der Waals surface area contributed by atoms with Crippen LogP contribution in [0, 0.1) is 6.92 Å². The zero-order valence-corrected chi connectivity index (χ0v) is 10.3. The van der Waals surface area contributed by atoms with Gasteiger partial charge in [0, 0.05) is 0 Å². The summed E-state index contributed by atoms with van der Waals surface area (Å²) in [6, 6.07) is 5.49. The molecule has 0 saturated heterocycles. The predicted octanol–water partition coefficient (Wildman–Crippen LogP) is 0.0988. The number of hydrogen-bond acceptors (Lipinski definition) is 4. The van der Waals surface area contributed by atoms with Crippen LogP contribution < -0.4 is 20.9 Å². The highest BCUT2D eigenvalue weighted by Gasteiger charge is 2.32. The van der Waals surface area contributed by atoms with Crippen molar-refractivity contribution in [2.45, 2.75) is 20.0 Å². The first kappa shape index (κ1) is 12.4. The van der Waals surface area contributed by atoms with E-state index in [0.717, 1.165) is 5.56 Å². The lowest BCUT2D eigenvalue weighted by molar-refractivity contribution is -0.128. The van der Waals surface area contributed by atoms with Crippen LogP contribution in [0.2, 0.25) is 0 Å². The Morgan fingerprint density at radius 1 is 1.56 bits per heavy atom. The lowest BCUT2D eigenvalue weighted by Gasteiger charge is -2.32. The number of nitrogens with two attached hydrogens (primary N) is 1. The summed E-state index contributed by atoms with van der Waals surface area (Å²) >= 11 is 0. The van der Waals surface area contributed by atoms with Crippen molar-refractivity contribution in [3.8, 4) is 5.75 Å². The zero-order valence-electron chi connectivity index (χ0n) is 10.3. The first-order chi connectivity index (χ1) is 8.52. The summed E-state index contributed by atoms with van der Waals surface area (Å²) in [5, 5.41) is 0. The number of hydrazine groups is 1. The molecule has 1 aliphatic heterocycles. The molecular formula is C12H15N3O3. The SMILES string of the molecule is Cc1ccc2c(c1)N(CC(=O)NN)C(=O)C(C)O2. The first-order valence-corrected chi connectivity index (χ1v) is 5.61. The van der Waals surface area contributed by atoms with Gasteiger partial charge < -0.3 is 4.74 Å². The Balaban J connectivity index is 2.40. The number of ether oxygens (including phenoxy) is 1. The number of carbonyl (C=O) groups excluding carboxylic acids is 2. The standard InChI is InChI=1S/C12H15N3O3/c1-7-3-4-10-9(5-7)15(6-11(16)14-13)12(17)8(2)18-10/h3-5,8H,6,13H2,1-2H3,(H,14,16). The van der Waals surface area contributed by atoms with Gasteiger partial charge >= 0.3 is 0 Å². The van der Waals surface area contributed by atoms with Crippen molar-refractivity contribution in [3.63, 3.8) is 0 Å². The number of carbonyl (C=O) groups is 2. The van der Waals surface area contributed by atoms with Crippen LogP contribution in [0.25, 0.3) is 0 Å². The van der Waals surface area contributed by atoms with E-state index in [1.807, 2.05) is 24.5 Å². The van der Waals surface area contributed by atoms with Gasteiger partial charge in [0.1, 0.15) is 12.3 Å². The molecule has 2 rings (SSSR count). The molecule has 18 heavy (non-hydrogen) atoms. The number of nitrogens with zero attached hydrogens (tertiary/aromatic N) is 1. The second-order valence-electron chi connectivity index (χ2n) is 4.22. The van der Waals surface area contributed by atoms with E-state index in [-0.39, 0.29) is 12.5 Å². The molecule has 1 unspecified atom stereocenters. The van der Waals surface area contributed by atoms with Crippen LogP contribution in [0.1, 0.15) is 12.5 Å². The van der Waals surface area contributed by atoms with E-state index in [9.17, 15) is 9.59 Å². The first-order valence-electron chi connectivity index (χ1n) is 5.61. The summed E-state index contributed by atoms with van der Waals surface area (Å²) in [7, 11) is 0. The molecule has 0 aliphatic carbocycles. The van der Waals surface area contributed by atoms with Crippen LogP contribution in [-0.2, 0) is 9.59 Å². The van der Waals surface area contributed by atoms with E-state index in [1.54, 1.807) is 13.0 Å². The van der Waals surface area contributed by atoms with Gasteiger partial charge in [-0.1, -0.05) is 6.07 Å². The smallest absolute Gasteiger partial charge is 0.268 e. The van der Waals surface area contributed by atoms with Crippen LogP contribution in [-0.4, -0.2) is 24.5 Å². The van der Waals surface area contributed by atoms with Gasteiger partial charge in [-0.3, -0.25) is 19.9 Å². The van der Waals surface area contributed by atoms with Gasteiger partial charge in [-0.25, -0.2) is 5.84 Å². The molecule has 0 radical (unpaired) electrons. The minimum atomic E-state index is -0.606. The lowest BCUT2D eigenvalue weighted by Crippen LogP contribution is -2.49. The molecule has 0 aromatic heterocycles. The fraction of sp³-hybridized carbons (Fsp3) is 0.333. The zero-order chi connectivity index (χ0) is 13.3. The van der Waals surface area contributed by atoms with Crippen molar-refractivity contribution in [3.05, 3.63) is 23.8 Å². The summed E-state index contributed by atoms with van der Waals surface area (Å²) in [5.74, 6) is 4.97. The van der Waals surface area contributed by atoms with Crippen molar-refractivity contribution < 1.29 is 14.3 Å². The molecule has 1 aliphatic rings. The molecule has 1 aromatic carbocycles. The monoisotopic (exact) mass is 249 g/mol.